The molecule has 2 fully saturated rings. The quantitative estimate of drug-likeness (QED) is 0.905. The van der Waals surface area contributed by atoms with Gasteiger partial charge in [-0.05, 0) is 24.8 Å². The second-order valence-corrected chi connectivity index (χ2v) is 6.34. The van der Waals surface area contributed by atoms with Gasteiger partial charge in [0.1, 0.15) is 11.6 Å². The summed E-state index contributed by atoms with van der Waals surface area (Å²) in [6, 6.07) is 2.10. The molecule has 0 unspecified atom stereocenters. The van der Waals surface area contributed by atoms with E-state index in [2.05, 4.69) is 0 Å². The smallest absolute Gasteiger partial charge is 0.338 e. The number of rotatable bonds is 4. The van der Waals surface area contributed by atoms with Gasteiger partial charge in [-0.3, -0.25) is 0 Å². The molecule has 1 spiro atoms. The number of carboxylic acid groups (broad SMARTS) is 1. The van der Waals surface area contributed by atoms with Crippen LogP contribution in [0.3, 0.4) is 0 Å². The van der Waals surface area contributed by atoms with Crippen LogP contribution in [0.4, 0.5) is 4.39 Å². The molecule has 126 valence electrons. The summed E-state index contributed by atoms with van der Waals surface area (Å²) in [5, 5.41) is 8.95. The van der Waals surface area contributed by atoms with E-state index < -0.39 is 23.1 Å². The van der Waals surface area contributed by atoms with Crippen LogP contribution >= 0.6 is 11.6 Å². The van der Waals surface area contributed by atoms with E-state index in [9.17, 15) is 9.18 Å². The Kier molecular flexibility index (Phi) is 4.75. The normalized spacial score (nSPS) is 20.8. The molecule has 0 bridgehead atoms. The first-order valence-electron chi connectivity index (χ1n) is 7.62. The van der Waals surface area contributed by atoms with Crippen LogP contribution in [0.1, 0.15) is 36.0 Å². The monoisotopic (exact) mass is 344 g/mol. The molecule has 0 amide bonds. The van der Waals surface area contributed by atoms with E-state index in [0.717, 1.165) is 37.8 Å². The highest BCUT2D eigenvalue weighted by Crippen LogP contribution is 2.38. The molecule has 1 aliphatic heterocycles. The Hall–Kier alpha value is -1.37. The molecule has 0 atom stereocenters. The molecule has 0 aromatic heterocycles. The van der Waals surface area contributed by atoms with Gasteiger partial charge in [-0.25, -0.2) is 9.18 Å². The van der Waals surface area contributed by atoms with E-state index in [-0.39, 0.29) is 10.8 Å². The van der Waals surface area contributed by atoms with E-state index in [1.54, 1.807) is 0 Å². The van der Waals surface area contributed by atoms with Gasteiger partial charge in [0.25, 0.3) is 0 Å². The molecule has 1 aromatic carbocycles. The van der Waals surface area contributed by atoms with Gasteiger partial charge in [-0.1, -0.05) is 11.6 Å². The lowest BCUT2D eigenvalue weighted by atomic mass is 9.85. The van der Waals surface area contributed by atoms with Crippen molar-refractivity contribution in [3.63, 3.8) is 0 Å². The summed E-state index contributed by atoms with van der Waals surface area (Å²) in [5.74, 6) is -2.14. The van der Waals surface area contributed by atoms with Crippen molar-refractivity contribution in [2.45, 2.75) is 31.5 Å². The number of aromatic carboxylic acids is 1. The first kappa shape index (κ1) is 16.5. The maximum atomic E-state index is 13.7. The summed E-state index contributed by atoms with van der Waals surface area (Å²) >= 11 is 5.97. The molecular weight excluding hydrogens is 327 g/mol. The fraction of sp³-hybridized carbons (Fsp3) is 0.562. The number of ether oxygens (including phenoxy) is 3. The van der Waals surface area contributed by atoms with Gasteiger partial charge in [0.05, 0.1) is 30.4 Å². The van der Waals surface area contributed by atoms with Crippen molar-refractivity contribution in [2.24, 2.45) is 5.92 Å². The summed E-state index contributed by atoms with van der Waals surface area (Å²) in [5.41, 5.74) is -0.461. The molecule has 2 aliphatic rings. The Balaban J connectivity index is 1.57. The molecule has 1 aromatic rings. The van der Waals surface area contributed by atoms with E-state index in [1.165, 1.54) is 0 Å². The molecule has 23 heavy (non-hydrogen) atoms. The summed E-state index contributed by atoms with van der Waals surface area (Å²) in [6.07, 6.45) is 3.43. The molecule has 1 heterocycles. The van der Waals surface area contributed by atoms with Gasteiger partial charge in [0, 0.05) is 18.9 Å². The topological polar surface area (TPSA) is 65.0 Å². The predicted octanol–water partition coefficient (Wildman–Crippen LogP) is 3.49. The molecule has 5 nitrogen and oxygen atoms in total. The zero-order valence-corrected chi connectivity index (χ0v) is 13.3. The number of hydrogen-bond donors (Lipinski definition) is 1. The average Bonchev–Trinajstić information content (AvgIpc) is 2.97. The third-order valence-corrected chi connectivity index (χ3v) is 4.70. The number of hydrogen-bond acceptors (Lipinski definition) is 4. The van der Waals surface area contributed by atoms with E-state index in [4.69, 9.17) is 30.9 Å². The lowest BCUT2D eigenvalue weighted by molar-refractivity contribution is -0.183. The Bertz CT molecular complexity index is 590. The fourth-order valence-corrected chi connectivity index (χ4v) is 3.30. The number of benzene rings is 1. The van der Waals surface area contributed by atoms with Gasteiger partial charge >= 0.3 is 5.97 Å². The van der Waals surface area contributed by atoms with Crippen molar-refractivity contribution in [1.29, 1.82) is 0 Å². The molecule has 1 saturated carbocycles. The zero-order valence-electron chi connectivity index (χ0n) is 12.5. The highest BCUT2D eigenvalue weighted by Gasteiger charge is 2.40. The van der Waals surface area contributed by atoms with Crippen LogP contribution in [0.15, 0.2) is 12.1 Å². The molecule has 7 heteroatoms. The van der Waals surface area contributed by atoms with Crippen LogP contribution in [0.25, 0.3) is 0 Å². The van der Waals surface area contributed by atoms with Crippen LogP contribution in [0.2, 0.25) is 5.02 Å². The Morgan fingerprint density at radius 1 is 1.35 bits per heavy atom. The minimum atomic E-state index is -1.36. The van der Waals surface area contributed by atoms with Gasteiger partial charge < -0.3 is 19.3 Å². The maximum absolute atomic E-state index is 13.7. The number of carbonyl (C=O) groups is 1. The summed E-state index contributed by atoms with van der Waals surface area (Å²) in [4.78, 5) is 10.9. The van der Waals surface area contributed by atoms with Crippen molar-refractivity contribution < 1.29 is 28.5 Å². The van der Waals surface area contributed by atoms with Crippen molar-refractivity contribution >= 4 is 17.6 Å². The van der Waals surface area contributed by atoms with Crippen LogP contribution < -0.4 is 4.74 Å². The first-order chi connectivity index (χ1) is 11.0. The Morgan fingerprint density at radius 2 is 2.00 bits per heavy atom. The Morgan fingerprint density at radius 3 is 2.61 bits per heavy atom. The Labute approximate surface area is 138 Å². The largest absolute Gasteiger partial charge is 0.492 e. The second kappa shape index (κ2) is 6.63. The zero-order chi connectivity index (χ0) is 16.4. The minimum Gasteiger partial charge on any atom is -0.492 e. The summed E-state index contributed by atoms with van der Waals surface area (Å²) in [6.45, 7) is 1.69. The van der Waals surface area contributed by atoms with Crippen molar-refractivity contribution in [3.05, 3.63) is 28.5 Å². The van der Waals surface area contributed by atoms with Crippen molar-refractivity contribution in [1.82, 2.24) is 0 Å². The van der Waals surface area contributed by atoms with Crippen LogP contribution in [0.5, 0.6) is 5.75 Å². The maximum Gasteiger partial charge on any atom is 0.338 e. The third-order valence-electron chi connectivity index (χ3n) is 4.41. The minimum absolute atomic E-state index is 0.0959. The SMILES string of the molecule is O=C(O)c1cc(Cl)c(OCC2CCC3(CC2)OCCO3)cc1F. The summed E-state index contributed by atoms with van der Waals surface area (Å²) < 4.78 is 30.6. The van der Waals surface area contributed by atoms with E-state index >= 15 is 0 Å². The van der Waals surface area contributed by atoms with E-state index in [1.807, 2.05) is 0 Å². The molecular formula is C16H18ClFO5. The van der Waals surface area contributed by atoms with Crippen LogP contribution in [-0.4, -0.2) is 36.7 Å². The number of halogens is 2. The lowest BCUT2D eigenvalue weighted by Gasteiger charge is -2.35. The second-order valence-electron chi connectivity index (χ2n) is 5.93. The molecule has 1 aliphatic carbocycles. The van der Waals surface area contributed by atoms with Gasteiger partial charge in [-0.15, -0.1) is 0 Å². The van der Waals surface area contributed by atoms with Gasteiger partial charge in [0.15, 0.2) is 5.79 Å². The highest BCUT2D eigenvalue weighted by molar-refractivity contribution is 6.32. The molecule has 1 saturated heterocycles. The van der Waals surface area contributed by atoms with Crippen LogP contribution in [-0.2, 0) is 9.47 Å². The van der Waals surface area contributed by atoms with Gasteiger partial charge in [0.2, 0.25) is 0 Å². The average molecular weight is 345 g/mol. The predicted molar refractivity (Wildman–Crippen MR) is 80.5 cm³/mol. The fourth-order valence-electron chi connectivity index (χ4n) is 3.08. The molecule has 0 radical (unpaired) electrons. The summed E-state index contributed by atoms with van der Waals surface area (Å²) in [7, 11) is 0. The van der Waals surface area contributed by atoms with E-state index in [0.29, 0.717) is 25.7 Å². The standard InChI is InChI=1S/C16H18ClFO5/c17-12-7-11(15(19)20)13(18)8-14(12)21-9-10-1-3-16(4-2-10)22-5-6-23-16/h7-8,10H,1-6,9H2,(H,19,20). The van der Waals surface area contributed by atoms with Crippen molar-refractivity contribution in [2.75, 3.05) is 19.8 Å². The highest BCUT2D eigenvalue weighted by atomic mass is 35.5. The lowest BCUT2D eigenvalue weighted by Crippen LogP contribution is -2.36. The first-order valence-corrected chi connectivity index (χ1v) is 8.00. The third kappa shape index (κ3) is 3.59. The molecule has 3 rings (SSSR count). The van der Waals surface area contributed by atoms with Crippen LogP contribution in [0, 0.1) is 11.7 Å². The van der Waals surface area contributed by atoms with Gasteiger partial charge in [-0.2, -0.15) is 0 Å². The molecule has 1 N–H and O–H groups in total. The van der Waals surface area contributed by atoms with Crippen molar-refractivity contribution in [3.8, 4) is 5.75 Å². The number of carboxylic acids is 1.